The summed E-state index contributed by atoms with van der Waals surface area (Å²) in [4.78, 5) is 15.8. The smallest absolute Gasteiger partial charge is 0.222 e. The molecule has 0 atom stereocenters. The van der Waals surface area contributed by atoms with E-state index in [4.69, 9.17) is 0 Å². The normalized spacial score (nSPS) is 9.73. The minimum absolute atomic E-state index is 0.0709. The van der Waals surface area contributed by atoms with E-state index in [1.165, 1.54) is 6.92 Å². The lowest BCUT2D eigenvalue weighted by Crippen LogP contribution is -2.06. The van der Waals surface area contributed by atoms with E-state index in [9.17, 15) is 4.79 Å². The molecule has 1 rings (SSSR count). The van der Waals surface area contributed by atoms with Crippen LogP contribution in [0.25, 0.3) is 0 Å². The maximum Gasteiger partial charge on any atom is 0.222 e. The summed E-state index contributed by atoms with van der Waals surface area (Å²) in [6, 6.07) is 0. The van der Waals surface area contributed by atoms with Gasteiger partial charge in [0.25, 0.3) is 0 Å². The van der Waals surface area contributed by atoms with E-state index in [0.29, 0.717) is 5.82 Å². The van der Waals surface area contributed by atoms with Gasteiger partial charge >= 0.3 is 0 Å². The molecule has 0 bridgehead atoms. The van der Waals surface area contributed by atoms with Crippen LogP contribution in [0.15, 0.2) is 0 Å². The van der Waals surface area contributed by atoms with Crippen molar-refractivity contribution in [2.45, 2.75) is 20.8 Å². The van der Waals surface area contributed by atoms with Gasteiger partial charge in [0.15, 0.2) is 0 Å². The molecule has 1 heterocycles. The Kier molecular flexibility index (Phi) is 2.24. The summed E-state index contributed by atoms with van der Waals surface area (Å²) in [6.07, 6.45) is 0. The van der Waals surface area contributed by atoms with Gasteiger partial charge in [-0.2, -0.15) is 0 Å². The Labute approximate surface area is 69.5 Å². The number of rotatable bonds is 1. The summed E-state index contributed by atoms with van der Waals surface area (Å²) < 4.78 is 0. The number of thiazole rings is 1. The molecule has 0 spiro atoms. The van der Waals surface area contributed by atoms with Crippen LogP contribution < -0.4 is 5.32 Å². The molecule has 1 aromatic heterocycles. The molecular weight excluding hydrogens is 160 g/mol. The van der Waals surface area contributed by atoms with E-state index in [0.717, 1.165) is 9.88 Å². The maximum atomic E-state index is 10.6. The van der Waals surface area contributed by atoms with Crippen LogP contribution in [0.4, 0.5) is 5.82 Å². The van der Waals surface area contributed by atoms with Gasteiger partial charge in [-0.3, -0.25) is 4.79 Å². The van der Waals surface area contributed by atoms with Crippen molar-refractivity contribution >= 4 is 23.1 Å². The number of carbonyl (C=O) groups is 1. The predicted octanol–water partition coefficient (Wildman–Crippen LogP) is 1.72. The van der Waals surface area contributed by atoms with Gasteiger partial charge in [0.1, 0.15) is 5.82 Å². The van der Waals surface area contributed by atoms with Crippen molar-refractivity contribution in [1.29, 1.82) is 0 Å². The molecule has 0 saturated carbocycles. The largest absolute Gasteiger partial charge is 0.310 e. The van der Waals surface area contributed by atoms with Gasteiger partial charge < -0.3 is 5.32 Å². The molecule has 1 amide bonds. The van der Waals surface area contributed by atoms with Gasteiger partial charge in [-0.15, -0.1) is 11.3 Å². The van der Waals surface area contributed by atoms with Gasteiger partial charge in [-0.05, 0) is 13.8 Å². The van der Waals surface area contributed by atoms with E-state index in [2.05, 4.69) is 10.3 Å². The van der Waals surface area contributed by atoms with E-state index in [-0.39, 0.29) is 5.91 Å². The SMILES string of the molecule is CC(=O)Nc1nc(C)sc1C. The number of hydrogen-bond acceptors (Lipinski definition) is 3. The zero-order valence-electron chi connectivity index (χ0n) is 6.76. The van der Waals surface area contributed by atoms with Crippen molar-refractivity contribution < 1.29 is 4.79 Å². The first kappa shape index (κ1) is 8.20. The zero-order valence-corrected chi connectivity index (χ0v) is 7.58. The second-order valence-corrected chi connectivity index (χ2v) is 3.73. The van der Waals surface area contributed by atoms with E-state index in [1.54, 1.807) is 11.3 Å². The molecule has 3 nitrogen and oxygen atoms in total. The van der Waals surface area contributed by atoms with Gasteiger partial charge in [0.2, 0.25) is 5.91 Å². The molecule has 1 aromatic rings. The molecule has 0 unspecified atom stereocenters. The molecule has 0 aliphatic carbocycles. The minimum Gasteiger partial charge on any atom is -0.310 e. The number of nitrogens with one attached hydrogen (secondary N) is 1. The fraction of sp³-hybridized carbons (Fsp3) is 0.429. The third-order valence-corrected chi connectivity index (χ3v) is 2.08. The third-order valence-electron chi connectivity index (χ3n) is 1.20. The van der Waals surface area contributed by atoms with Gasteiger partial charge in [0.05, 0.1) is 5.01 Å². The van der Waals surface area contributed by atoms with E-state index < -0.39 is 0 Å². The van der Waals surface area contributed by atoms with E-state index in [1.807, 2.05) is 13.8 Å². The average molecular weight is 170 g/mol. The van der Waals surface area contributed by atoms with Crippen LogP contribution in [0.2, 0.25) is 0 Å². The lowest BCUT2D eigenvalue weighted by atomic mass is 10.5. The number of aromatic nitrogens is 1. The molecule has 0 aliphatic heterocycles. The molecule has 0 saturated heterocycles. The quantitative estimate of drug-likeness (QED) is 0.697. The monoisotopic (exact) mass is 170 g/mol. The minimum atomic E-state index is -0.0709. The Balaban J connectivity index is 2.85. The highest BCUT2D eigenvalue weighted by molar-refractivity contribution is 7.12. The highest BCUT2D eigenvalue weighted by Gasteiger charge is 2.04. The molecular formula is C7H10N2OS. The summed E-state index contributed by atoms with van der Waals surface area (Å²) in [5, 5.41) is 3.63. The van der Waals surface area contributed by atoms with Crippen molar-refractivity contribution in [2.75, 3.05) is 5.32 Å². The topological polar surface area (TPSA) is 42.0 Å². The highest BCUT2D eigenvalue weighted by atomic mass is 32.1. The number of nitrogens with zero attached hydrogens (tertiary/aromatic N) is 1. The lowest BCUT2D eigenvalue weighted by molar-refractivity contribution is -0.114. The number of hydrogen-bond donors (Lipinski definition) is 1. The van der Waals surface area contributed by atoms with Crippen molar-refractivity contribution in [2.24, 2.45) is 0 Å². The Morgan fingerprint density at radius 1 is 1.55 bits per heavy atom. The molecule has 1 N–H and O–H groups in total. The van der Waals surface area contributed by atoms with Crippen molar-refractivity contribution in [3.63, 3.8) is 0 Å². The maximum absolute atomic E-state index is 10.6. The molecule has 4 heteroatoms. The Hall–Kier alpha value is -0.900. The second kappa shape index (κ2) is 3.00. The number of aryl methyl sites for hydroxylation is 2. The molecule has 60 valence electrons. The number of amides is 1. The van der Waals surface area contributed by atoms with Crippen LogP contribution >= 0.6 is 11.3 Å². The summed E-state index contributed by atoms with van der Waals surface area (Å²) >= 11 is 1.59. The Bertz CT molecular complexity index is 280. The van der Waals surface area contributed by atoms with Gasteiger partial charge in [-0.1, -0.05) is 0 Å². The highest BCUT2D eigenvalue weighted by Crippen LogP contribution is 2.20. The summed E-state index contributed by atoms with van der Waals surface area (Å²) in [6.45, 7) is 5.34. The first-order valence-electron chi connectivity index (χ1n) is 3.31. The first-order chi connectivity index (χ1) is 5.09. The predicted molar refractivity (Wildman–Crippen MR) is 45.9 cm³/mol. The number of anilines is 1. The first-order valence-corrected chi connectivity index (χ1v) is 4.13. The van der Waals surface area contributed by atoms with Gasteiger partial charge in [-0.25, -0.2) is 4.98 Å². The fourth-order valence-corrected chi connectivity index (χ4v) is 1.58. The Morgan fingerprint density at radius 2 is 2.18 bits per heavy atom. The summed E-state index contributed by atoms with van der Waals surface area (Å²) in [5.41, 5.74) is 0. The van der Waals surface area contributed by atoms with Crippen LogP contribution in [0.5, 0.6) is 0 Å². The lowest BCUT2D eigenvalue weighted by Gasteiger charge is -1.95. The molecule has 0 aromatic carbocycles. The van der Waals surface area contributed by atoms with Crippen LogP contribution in [0.1, 0.15) is 16.8 Å². The van der Waals surface area contributed by atoms with Crippen LogP contribution in [0, 0.1) is 13.8 Å². The van der Waals surface area contributed by atoms with Crippen molar-refractivity contribution in [3.8, 4) is 0 Å². The van der Waals surface area contributed by atoms with Crippen molar-refractivity contribution in [3.05, 3.63) is 9.88 Å². The van der Waals surface area contributed by atoms with E-state index >= 15 is 0 Å². The van der Waals surface area contributed by atoms with Crippen molar-refractivity contribution in [1.82, 2.24) is 4.98 Å². The summed E-state index contributed by atoms with van der Waals surface area (Å²) in [5.74, 6) is 0.624. The van der Waals surface area contributed by atoms with Crippen LogP contribution in [-0.2, 0) is 4.79 Å². The molecule has 0 aliphatic rings. The molecule has 11 heavy (non-hydrogen) atoms. The average Bonchev–Trinajstić information content (AvgIpc) is 2.09. The fourth-order valence-electron chi connectivity index (χ4n) is 0.812. The van der Waals surface area contributed by atoms with Crippen LogP contribution in [-0.4, -0.2) is 10.9 Å². The third kappa shape index (κ3) is 2.01. The molecule has 0 fully saturated rings. The second-order valence-electron chi connectivity index (χ2n) is 2.32. The molecule has 0 radical (unpaired) electrons. The summed E-state index contributed by atoms with van der Waals surface area (Å²) in [7, 11) is 0. The van der Waals surface area contributed by atoms with Gasteiger partial charge in [0, 0.05) is 11.8 Å². The standard InChI is InChI=1S/C7H10N2OS/c1-4-7(8-5(2)10)9-6(3)11-4/h1-3H3,(H,8,10). The number of carbonyl (C=O) groups excluding carboxylic acids is 1. The Morgan fingerprint density at radius 3 is 2.55 bits per heavy atom. The van der Waals surface area contributed by atoms with Crippen LogP contribution in [0.3, 0.4) is 0 Å². The zero-order chi connectivity index (χ0) is 8.43.